The molecule has 0 aliphatic carbocycles. The van der Waals surface area contributed by atoms with Crippen LogP contribution >= 0.6 is 0 Å². The van der Waals surface area contributed by atoms with Crippen molar-refractivity contribution in [3.8, 4) is 0 Å². The quantitative estimate of drug-likeness (QED) is 0.230. The Balaban J connectivity index is 0. The first-order valence-corrected chi connectivity index (χ1v) is 11.5. The molecule has 0 amide bonds. The predicted molar refractivity (Wildman–Crippen MR) is 100 cm³/mol. The van der Waals surface area contributed by atoms with E-state index >= 15 is 0 Å². The van der Waals surface area contributed by atoms with Crippen molar-refractivity contribution < 1.29 is 69.5 Å². The summed E-state index contributed by atoms with van der Waals surface area (Å²) in [6.07, 6.45) is 17.0. The molecular formula is C19H39KO4S. The zero-order valence-electron chi connectivity index (χ0n) is 16.8. The van der Waals surface area contributed by atoms with E-state index in [9.17, 15) is 18.1 Å². The van der Waals surface area contributed by atoms with Gasteiger partial charge in [-0.2, -0.15) is 0 Å². The van der Waals surface area contributed by atoms with Gasteiger partial charge in [0.2, 0.25) is 0 Å². The molecule has 0 aromatic heterocycles. The van der Waals surface area contributed by atoms with E-state index in [0.29, 0.717) is 6.42 Å². The van der Waals surface area contributed by atoms with Gasteiger partial charge in [0.25, 0.3) is 0 Å². The smallest absolute Gasteiger partial charge is 0.748 e. The average molecular weight is 403 g/mol. The molecule has 0 saturated heterocycles. The molecule has 2 unspecified atom stereocenters. The Morgan fingerprint density at radius 1 is 0.760 bits per heavy atom. The van der Waals surface area contributed by atoms with Gasteiger partial charge in [-0.05, 0) is 13.3 Å². The fourth-order valence-corrected chi connectivity index (χ4v) is 3.50. The van der Waals surface area contributed by atoms with Crippen LogP contribution in [0.4, 0.5) is 0 Å². The van der Waals surface area contributed by atoms with Crippen molar-refractivity contribution in [1.29, 1.82) is 0 Å². The minimum Gasteiger partial charge on any atom is -0.748 e. The molecule has 0 aromatic rings. The topological polar surface area (TPSA) is 77.4 Å². The largest absolute Gasteiger partial charge is 1.00 e. The number of aliphatic hydroxyl groups is 1. The second-order valence-corrected chi connectivity index (χ2v) is 8.88. The third-order valence-corrected chi connectivity index (χ3v) is 6.08. The predicted octanol–water partition coefficient (Wildman–Crippen LogP) is 2.16. The first-order valence-electron chi connectivity index (χ1n) is 10.0. The molecule has 2 atom stereocenters. The average Bonchev–Trinajstić information content (AvgIpc) is 2.53. The third-order valence-electron chi connectivity index (χ3n) is 4.85. The summed E-state index contributed by atoms with van der Waals surface area (Å²) in [5.74, 6) is 0. The SMILES string of the molecule is CCCCCCCCCCCCCCCCC(O)C(C)S(=O)(=O)[O-].[K+]. The molecule has 6 heteroatoms. The Labute approximate surface area is 199 Å². The van der Waals surface area contributed by atoms with Crippen LogP contribution in [0, 0.1) is 0 Å². The van der Waals surface area contributed by atoms with Crippen molar-refractivity contribution in [2.24, 2.45) is 0 Å². The van der Waals surface area contributed by atoms with Crippen LogP contribution in [-0.4, -0.2) is 29.4 Å². The van der Waals surface area contributed by atoms with Gasteiger partial charge in [-0.3, -0.25) is 0 Å². The Bertz CT molecular complexity index is 374. The van der Waals surface area contributed by atoms with Gasteiger partial charge >= 0.3 is 51.4 Å². The summed E-state index contributed by atoms with van der Waals surface area (Å²) >= 11 is 0. The minimum atomic E-state index is -4.37. The van der Waals surface area contributed by atoms with Crippen LogP contribution in [0.1, 0.15) is 110 Å². The second kappa shape index (κ2) is 18.9. The van der Waals surface area contributed by atoms with Crippen molar-refractivity contribution in [2.45, 2.75) is 122 Å². The molecule has 4 nitrogen and oxygen atoms in total. The number of hydrogen-bond donors (Lipinski definition) is 1. The Morgan fingerprint density at radius 3 is 1.40 bits per heavy atom. The monoisotopic (exact) mass is 402 g/mol. The molecule has 0 aromatic carbocycles. The Kier molecular flexibility index (Phi) is 21.7. The molecule has 0 heterocycles. The molecule has 0 bridgehead atoms. The number of unbranched alkanes of at least 4 members (excludes halogenated alkanes) is 13. The fraction of sp³-hybridized carbons (Fsp3) is 1.00. The maximum absolute atomic E-state index is 10.8. The Morgan fingerprint density at radius 2 is 1.08 bits per heavy atom. The van der Waals surface area contributed by atoms with E-state index in [1.165, 1.54) is 77.6 Å². The van der Waals surface area contributed by atoms with E-state index in [4.69, 9.17) is 0 Å². The van der Waals surface area contributed by atoms with Gasteiger partial charge in [-0.25, -0.2) is 8.42 Å². The van der Waals surface area contributed by atoms with Crippen molar-refractivity contribution in [3.63, 3.8) is 0 Å². The number of rotatable bonds is 17. The van der Waals surface area contributed by atoms with Gasteiger partial charge in [0.1, 0.15) is 0 Å². The van der Waals surface area contributed by atoms with Crippen molar-refractivity contribution in [3.05, 3.63) is 0 Å². The molecule has 0 spiro atoms. The summed E-state index contributed by atoms with van der Waals surface area (Å²) in [6.45, 7) is 3.54. The minimum absolute atomic E-state index is 0. The van der Waals surface area contributed by atoms with Gasteiger partial charge in [0.15, 0.2) is 0 Å². The van der Waals surface area contributed by atoms with Crippen LogP contribution < -0.4 is 51.4 Å². The molecule has 1 N–H and O–H groups in total. The number of hydrogen-bond acceptors (Lipinski definition) is 4. The van der Waals surface area contributed by atoms with Crippen LogP contribution in [0.15, 0.2) is 0 Å². The molecule has 25 heavy (non-hydrogen) atoms. The molecule has 0 saturated carbocycles. The number of aliphatic hydroxyl groups excluding tert-OH is 1. The first-order chi connectivity index (χ1) is 11.4. The summed E-state index contributed by atoms with van der Waals surface area (Å²) in [4.78, 5) is 0. The summed E-state index contributed by atoms with van der Waals surface area (Å²) in [7, 11) is -4.37. The molecule has 0 aliphatic rings. The van der Waals surface area contributed by atoms with E-state index in [0.717, 1.165) is 19.3 Å². The van der Waals surface area contributed by atoms with Crippen molar-refractivity contribution in [1.82, 2.24) is 0 Å². The van der Waals surface area contributed by atoms with Crippen molar-refractivity contribution in [2.75, 3.05) is 0 Å². The standard InChI is InChI=1S/C19H40O4S.K/c1-3-4-5-6-7-8-9-10-11-12-13-14-15-16-17-19(20)18(2)24(21,22)23;/h18-20H,3-17H2,1-2H3,(H,21,22,23);/q;+1/p-1. The zero-order valence-corrected chi connectivity index (χ0v) is 20.8. The second-order valence-electron chi connectivity index (χ2n) is 7.15. The van der Waals surface area contributed by atoms with Crippen LogP contribution in [-0.2, 0) is 10.1 Å². The third kappa shape index (κ3) is 18.6. The Hall–Kier alpha value is 1.51. The zero-order chi connectivity index (χ0) is 18.3. The maximum atomic E-state index is 10.8. The molecule has 146 valence electrons. The van der Waals surface area contributed by atoms with E-state index in [1.807, 2.05) is 0 Å². The summed E-state index contributed by atoms with van der Waals surface area (Å²) in [5.41, 5.74) is 0. The van der Waals surface area contributed by atoms with E-state index in [-0.39, 0.29) is 51.4 Å². The van der Waals surface area contributed by atoms with Crippen LogP contribution in [0.3, 0.4) is 0 Å². The van der Waals surface area contributed by atoms with E-state index in [1.54, 1.807) is 0 Å². The van der Waals surface area contributed by atoms with Crippen molar-refractivity contribution >= 4 is 10.1 Å². The first kappa shape index (κ1) is 28.7. The van der Waals surface area contributed by atoms with Gasteiger partial charge in [-0.1, -0.05) is 96.8 Å². The van der Waals surface area contributed by atoms with Gasteiger partial charge in [-0.15, -0.1) is 0 Å². The van der Waals surface area contributed by atoms with E-state index < -0.39 is 21.5 Å². The van der Waals surface area contributed by atoms with Gasteiger partial charge in [0.05, 0.1) is 21.5 Å². The normalized spacial score (nSPS) is 14.1. The molecular weight excluding hydrogens is 363 g/mol. The summed E-state index contributed by atoms with van der Waals surface area (Å²) in [6, 6.07) is 0. The maximum Gasteiger partial charge on any atom is 1.00 e. The molecule has 0 aliphatic heterocycles. The molecule has 0 radical (unpaired) electrons. The summed E-state index contributed by atoms with van der Waals surface area (Å²) < 4.78 is 32.4. The van der Waals surface area contributed by atoms with E-state index in [2.05, 4.69) is 6.92 Å². The fourth-order valence-electron chi connectivity index (χ4n) is 2.98. The molecule has 0 rings (SSSR count). The van der Waals surface area contributed by atoms with Gasteiger partial charge < -0.3 is 9.66 Å². The van der Waals surface area contributed by atoms with Crippen LogP contribution in [0.5, 0.6) is 0 Å². The van der Waals surface area contributed by atoms with Gasteiger partial charge in [0, 0.05) is 0 Å². The van der Waals surface area contributed by atoms with Crippen LogP contribution in [0.2, 0.25) is 0 Å². The molecule has 0 fully saturated rings. The summed E-state index contributed by atoms with van der Waals surface area (Å²) in [5, 5.41) is 8.47. The van der Waals surface area contributed by atoms with Crippen LogP contribution in [0.25, 0.3) is 0 Å².